The Morgan fingerprint density at radius 2 is 2.09 bits per heavy atom. The Bertz CT molecular complexity index is 698. The molecule has 0 radical (unpaired) electrons. The number of nitrogens with one attached hydrogen (secondary N) is 2. The molecule has 2 aromatic carbocycles. The lowest BCUT2D eigenvalue weighted by Crippen LogP contribution is -2.14. The zero-order valence-corrected chi connectivity index (χ0v) is 11.9. The summed E-state index contributed by atoms with van der Waals surface area (Å²) in [4.78, 5) is 15.3. The average Bonchev–Trinajstić information content (AvgIpc) is 2.56. The maximum Gasteiger partial charge on any atom is 0.230 e. The van der Waals surface area contributed by atoms with Crippen LogP contribution in [-0.2, 0) is 22.6 Å². The summed E-state index contributed by atoms with van der Waals surface area (Å²) in [5.74, 6) is -0.270. The first kappa shape index (κ1) is 13.1. The second-order valence-electron chi connectivity index (χ2n) is 4.66. The number of hydrogen-bond donors (Lipinski definition) is 3. The molecule has 2 rings (SSSR count). The number of anilines is 2. The fraction of sp³-hybridized carbons (Fsp3) is 0.188. The standard InChI is InChI=1S/C16H18FN3O2/c17-14-4-1-12(2-5-14)10-19-15-6-3-13(16(18)9-15)7-8-22-20-11-21/h1-6,9,11,19H,7-8,10,18H2,(H,20,21)/i11D/hD. The fourth-order valence-electron chi connectivity index (χ4n) is 1.97. The molecule has 0 unspecified atom stereocenters. The van der Waals surface area contributed by atoms with E-state index in [1.165, 1.54) is 12.1 Å². The van der Waals surface area contributed by atoms with Gasteiger partial charge < -0.3 is 11.1 Å². The summed E-state index contributed by atoms with van der Waals surface area (Å²) in [7, 11) is 0. The molecular weight excluding hydrogens is 285 g/mol. The van der Waals surface area contributed by atoms with Crippen molar-refractivity contribution in [3.63, 3.8) is 0 Å². The Labute approximate surface area is 131 Å². The number of rotatable bonds is 7. The van der Waals surface area contributed by atoms with E-state index in [9.17, 15) is 9.18 Å². The summed E-state index contributed by atoms with van der Waals surface area (Å²) < 4.78 is 26.6. The van der Waals surface area contributed by atoms with E-state index >= 15 is 0 Å². The predicted octanol–water partition coefficient (Wildman–Crippen LogP) is 2.24. The van der Waals surface area contributed by atoms with Crippen LogP contribution < -0.4 is 16.5 Å². The van der Waals surface area contributed by atoms with Gasteiger partial charge in [0.05, 0.1) is 6.61 Å². The first-order valence-corrected chi connectivity index (χ1v) is 6.75. The van der Waals surface area contributed by atoms with Gasteiger partial charge in [0.15, 0.2) is 1.41 Å². The van der Waals surface area contributed by atoms with Gasteiger partial charge in [0.25, 0.3) is 0 Å². The van der Waals surface area contributed by atoms with Crippen LogP contribution in [0.5, 0.6) is 0 Å². The van der Waals surface area contributed by atoms with Gasteiger partial charge in [0.1, 0.15) is 7.19 Å². The van der Waals surface area contributed by atoms with Crippen molar-refractivity contribution in [1.82, 2.24) is 5.47 Å². The van der Waals surface area contributed by atoms with Gasteiger partial charge in [-0.05, 0) is 35.4 Å². The Hall–Kier alpha value is -2.60. The summed E-state index contributed by atoms with van der Waals surface area (Å²) in [5, 5.41) is 3.20. The van der Waals surface area contributed by atoms with Gasteiger partial charge in [-0.15, -0.1) is 0 Å². The summed E-state index contributed by atoms with van der Waals surface area (Å²) in [6.45, 7) is 0.613. The molecule has 0 heterocycles. The third kappa shape index (κ3) is 4.75. The lowest BCUT2D eigenvalue weighted by Gasteiger charge is -2.10. The number of nitrogen functional groups attached to an aromatic ring is 1. The van der Waals surface area contributed by atoms with Crippen LogP contribution in [0, 0.1) is 5.82 Å². The van der Waals surface area contributed by atoms with Crippen molar-refractivity contribution < 1.29 is 16.8 Å². The second-order valence-corrected chi connectivity index (χ2v) is 4.66. The van der Waals surface area contributed by atoms with Crippen molar-refractivity contribution in [2.45, 2.75) is 13.0 Å². The van der Waals surface area contributed by atoms with Crippen molar-refractivity contribution in [1.29, 1.82) is 0 Å². The second kappa shape index (κ2) is 7.99. The average molecular weight is 305 g/mol. The van der Waals surface area contributed by atoms with Gasteiger partial charge in [-0.3, -0.25) is 9.63 Å². The molecule has 0 fully saturated rings. The molecule has 1 amide bonds. The van der Waals surface area contributed by atoms with Crippen LogP contribution in [0.25, 0.3) is 0 Å². The van der Waals surface area contributed by atoms with Crippen molar-refractivity contribution >= 4 is 17.8 Å². The molecule has 0 bridgehead atoms. The van der Waals surface area contributed by atoms with Crippen LogP contribution in [0.15, 0.2) is 42.5 Å². The van der Waals surface area contributed by atoms with Gasteiger partial charge >= 0.3 is 0 Å². The predicted molar refractivity (Wildman–Crippen MR) is 83.4 cm³/mol. The Morgan fingerprint density at radius 1 is 1.32 bits per heavy atom. The number of nitrogens with two attached hydrogens (primary N) is 1. The van der Waals surface area contributed by atoms with E-state index in [2.05, 4.69) is 5.32 Å². The number of halogens is 1. The first-order chi connectivity index (χ1) is 11.5. The monoisotopic (exact) mass is 305 g/mol. The third-order valence-corrected chi connectivity index (χ3v) is 3.12. The molecule has 22 heavy (non-hydrogen) atoms. The molecule has 0 aromatic heterocycles. The zero-order valence-electron chi connectivity index (χ0n) is 13.9. The highest BCUT2D eigenvalue weighted by Crippen LogP contribution is 2.19. The van der Waals surface area contributed by atoms with Crippen LogP contribution in [0.4, 0.5) is 15.8 Å². The third-order valence-electron chi connectivity index (χ3n) is 3.12. The molecule has 0 saturated carbocycles. The molecule has 0 aliphatic rings. The van der Waals surface area contributed by atoms with Crippen LogP contribution in [0.3, 0.4) is 0 Å². The highest BCUT2D eigenvalue weighted by Gasteiger charge is 2.02. The quantitative estimate of drug-likeness (QED) is 0.416. The number of carbonyl (C=O) groups excluding carboxylic acids is 1. The normalized spacial score (nSPS) is 11.5. The summed E-state index contributed by atoms with van der Waals surface area (Å²) in [6.07, 6.45) is -0.824. The van der Waals surface area contributed by atoms with E-state index in [1.807, 2.05) is 12.1 Å². The number of amides is 1. The topological polar surface area (TPSA) is 76.4 Å². The molecule has 0 aliphatic carbocycles. The smallest absolute Gasteiger partial charge is 0.230 e. The van der Waals surface area contributed by atoms with Crippen molar-refractivity contribution in [3.05, 3.63) is 59.4 Å². The molecule has 0 aliphatic heterocycles. The molecule has 4 N–H and O–H groups in total. The molecular formula is C16H18FN3O2. The van der Waals surface area contributed by atoms with E-state index in [4.69, 9.17) is 13.4 Å². The highest BCUT2D eigenvalue weighted by molar-refractivity contribution is 5.59. The molecule has 0 spiro atoms. The minimum Gasteiger partial charge on any atom is -0.398 e. The van der Waals surface area contributed by atoms with Gasteiger partial charge in [-0.25, -0.2) is 9.86 Å². The van der Waals surface area contributed by atoms with E-state index in [0.29, 0.717) is 18.7 Å². The minimum atomic E-state index is -1.23. The maximum absolute atomic E-state index is 12.9. The van der Waals surface area contributed by atoms with Crippen molar-refractivity contribution in [2.24, 2.45) is 0 Å². The molecule has 0 atom stereocenters. The first-order valence-electron chi connectivity index (χ1n) is 7.69. The van der Waals surface area contributed by atoms with E-state index < -0.39 is 6.39 Å². The molecule has 2 aromatic rings. The number of hydrogen-bond acceptors (Lipinski definition) is 4. The van der Waals surface area contributed by atoms with Gasteiger partial charge in [-0.2, -0.15) is 0 Å². The molecule has 0 saturated heterocycles. The van der Waals surface area contributed by atoms with Crippen LogP contribution >= 0.6 is 0 Å². The summed E-state index contributed by atoms with van der Waals surface area (Å²) >= 11 is 0. The molecule has 116 valence electrons. The largest absolute Gasteiger partial charge is 0.398 e. The lowest BCUT2D eigenvalue weighted by molar-refractivity contribution is -0.120. The van der Waals surface area contributed by atoms with Gasteiger partial charge in [-0.1, -0.05) is 18.2 Å². The SMILES string of the molecule is [2H]C(=O)N([2H])OCCc1ccc(NCc2ccc(F)cc2)cc1N. The number of carbonyl (C=O) groups is 1. The van der Waals surface area contributed by atoms with Crippen LogP contribution in [-0.4, -0.2) is 13.0 Å². The zero-order chi connectivity index (χ0) is 17.5. The van der Waals surface area contributed by atoms with Gasteiger partial charge in [0.2, 0.25) is 6.39 Å². The minimum absolute atomic E-state index is 0.0701. The summed E-state index contributed by atoms with van der Waals surface area (Å²) in [5.41, 5.74) is 9.23. The van der Waals surface area contributed by atoms with Crippen LogP contribution in [0.2, 0.25) is 1.41 Å². The fourth-order valence-corrected chi connectivity index (χ4v) is 1.97. The van der Waals surface area contributed by atoms with Gasteiger partial charge in [0, 0.05) is 24.3 Å². The number of benzene rings is 2. The Kier molecular flexibility index (Phi) is 4.76. The summed E-state index contributed by atoms with van der Waals surface area (Å²) in [6, 6.07) is 11.7. The Balaban J connectivity index is 1.87. The van der Waals surface area contributed by atoms with E-state index in [-0.39, 0.29) is 17.9 Å². The number of hydroxylamine groups is 1. The van der Waals surface area contributed by atoms with Crippen LogP contribution in [0.1, 0.15) is 12.5 Å². The Morgan fingerprint density at radius 3 is 2.77 bits per heavy atom. The van der Waals surface area contributed by atoms with Crippen molar-refractivity contribution in [3.8, 4) is 0 Å². The highest BCUT2D eigenvalue weighted by atomic mass is 19.1. The molecule has 6 heteroatoms. The van der Waals surface area contributed by atoms with Crippen molar-refractivity contribution in [2.75, 3.05) is 17.7 Å². The van der Waals surface area contributed by atoms with E-state index in [1.54, 1.807) is 18.2 Å². The van der Waals surface area contributed by atoms with E-state index in [0.717, 1.165) is 16.8 Å². The maximum atomic E-state index is 12.9. The lowest BCUT2D eigenvalue weighted by atomic mass is 10.1. The molecule has 5 nitrogen and oxygen atoms in total.